The first-order valence-electron chi connectivity index (χ1n) is 7.00. The van der Waals surface area contributed by atoms with Crippen molar-refractivity contribution in [2.45, 2.75) is 58.5 Å². The van der Waals surface area contributed by atoms with E-state index in [1.54, 1.807) is 7.05 Å². The molecule has 5 heteroatoms. The van der Waals surface area contributed by atoms with Gasteiger partial charge in [0, 0.05) is 7.05 Å². The Hall–Kier alpha value is -1.26. The minimum absolute atomic E-state index is 0.332. The predicted octanol–water partition coefficient (Wildman–Crippen LogP) is 3.19. The van der Waals surface area contributed by atoms with Crippen molar-refractivity contribution in [3.63, 3.8) is 0 Å². The molecule has 1 aliphatic rings. The van der Waals surface area contributed by atoms with Crippen LogP contribution in [0.2, 0.25) is 0 Å². The fourth-order valence-corrected chi connectivity index (χ4v) is 1.80. The summed E-state index contributed by atoms with van der Waals surface area (Å²) in [5.41, 5.74) is 0.681. The van der Waals surface area contributed by atoms with Crippen LogP contribution in [0.25, 0.3) is 0 Å². The summed E-state index contributed by atoms with van der Waals surface area (Å²) in [5, 5.41) is 4.13. The Kier molecular flexibility index (Phi) is 6.12. The Morgan fingerprint density at radius 2 is 1.89 bits per heavy atom. The molecule has 5 nitrogen and oxygen atoms in total. The Labute approximate surface area is 115 Å². The average molecular weight is 270 g/mol. The maximum absolute atomic E-state index is 11.7. The maximum atomic E-state index is 11.7. The zero-order chi connectivity index (χ0) is 14.3. The fourth-order valence-electron chi connectivity index (χ4n) is 1.80. The van der Waals surface area contributed by atoms with Crippen molar-refractivity contribution >= 4 is 11.8 Å². The van der Waals surface area contributed by atoms with Crippen LogP contribution in [0.3, 0.4) is 0 Å². The zero-order valence-electron chi connectivity index (χ0n) is 12.6. The number of oxime groups is 1. The first kappa shape index (κ1) is 15.8. The van der Waals surface area contributed by atoms with Crippen LogP contribution < -0.4 is 0 Å². The van der Waals surface area contributed by atoms with Crippen molar-refractivity contribution in [2.75, 3.05) is 20.2 Å². The van der Waals surface area contributed by atoms with Gasteiger partial charge in [-0.15, -0.1) is 0 Å². The van der Waals surface area contributed by atoms with Gasteiger partial charge in [0.05, 0.1) is 12.3 Å². The SMILES string of the molecule is CN(CCON=C1CCCCC1)C(=O)OC(C)(C)C. The molecule has 0 aromatic carbocycles. The number of ether oxygens (including phenoxy) is 1. The summed E-state index contributed by atoms with van der Waals surface area (Å²) >= 11 is 0. The lowest BCUT2D eigenvalue weighted by atomic mass is 9.99. The molecule has 0 saturated heterocycles. The number of carbonyl (C=O) groups excluding carboxylic acids is 1. The minimum atomic E-state index is -0.464. The molecule has 0 unspecified atom stereocenters. The van der Waals surface area contributed by atoms with Gasteiger partial charge in [0.2, 0.25) is 0 Å². The molecule has 19 heavy (non-hydrogen) atoms. The third kappa shape index (κ3) is 7.03. The van der Waals surface area contributed by atoms with Crippen LogP contribution >= 0.6 is 0 Å². The smallest absolute Gasteiger partial charge is 0.410 e. The first-order chi connectivity index (χ1) is 8.88. The molecule has 0 radical (unpaired) electrons. The van der Waals surface area contributed by atoms with Crippen LogP contribution in [0.1, 0.15) is 52.9 Å². The molecule has 0 N–H and O–H groups in total. The Balaban J connectivity index is 2.19. The average Bonchev–Trinajstić information content (AvgIpc) is 2.33. The molecule has 0 bridgehead atoms. The molecule has 0 heterocycles. The van der Waals surface area contributed by atoms with E-state index in [1.165, 1.54) is 24.2 Å². The van der Waals surface area contributed by atoms with E-state index in [2.05, 4.69) is 5.16 Å². The van der Waals surface area contributed by atoms with Gasteiger partial charge in [-0.05, 0) is 46.5 Å². The fraction of sp³-hybridized carbons (Fsp3) is 0.857. The van der Waals surface area contributed by atoms with Crippen LogP contribution in [-0.2, 0) is 9.57 Å². The second-order valence-corrected chi connectivity index (χ2v) is 5.95. The highest BCUT2D eigenvalue weighted by atomic mass is 16.6. The number of hydrogen-bond acceptors (Lipinski definition) is 4. The summed E-state index contributed by atoms with van der Waals surface area (Å²) in [4.78, 5) is 18.4. The lowest BCUT2D eigenvalue weighted by molar-refractivity contribution is 0.0235. The van der Waals surface area contributed by atoms with E-state index in [4.69, 9.17) is 9.57 Å². The molecule has 0 spiro atoms. The van der Waals surface area contributed by atoms with Crippen molar-refractivity contribution in [3.8, 4) is 0 Å². The third-order valence-electron chi connectivity index (χ3n) is 2.85. The number of carbonyl (C=O) groups is 1. The van der Waals surface area contributed by atoms with E-state index in [1.807, 2.05) is 20.8 Å². The van der Waals surface area contributed by atoms with Crippen molar-refractivity contribution in [2.24, 2.45) is 5.16 Å². The summed E-state index contributed by atoms with van der Waals surface area (Å²) in [6, 6.07) is 0. The van der Waals surface area contributed by atoms with Gasteiger partial charge in [-0.2, -0.15) is 0 Å². The van der Waals surface area contributed by atoms with Crippen LogP contribution in [0.5, 0.6) is 0 Å². The number of amides is 1. The molecular weight excluding hydrogens is 244 g/mol. The van der Waals surface area contributed by atoms with Gasteiger partial charge >= 0.3 is 6.09 Å². The maximum Gasteiger partial charge on any atom is 0.410 e. The van der Waals surface area contributed by atoms with Gasteiger partial charge in [0.1, 0.15) is 12.2 Å². The summed E-state index contributed by atoms with van der Waals surface area (Å²) in [6.07, 6.45) is 5.46. The molecule has 1 amide bonds. The molecule has 110 valence electrons. The van der Waals surface area contributed by atoms with Crippen LogP contribution in [0.15, 0.2) is 5.16 Å². The van der Waals surface area contributed by atoms with E-state index in [-0.39, 0.29) is 6.09 Å². The molecule has 1 fully saturated rings. The summed E-state index contributed by atoms with van der Waals surface area (Å²) in [7, 11) is 1.70. The lowest BCUT2D eigenvalue weighted by Gasteiger charge is -2.24. The van der Waals surface area contributed by atoms with E-state index in [9.17, 15) is 4.79 Å². The molecule has 1 rings (SSSR count). The van der Waals surface area contributed by atoms with Crippen LogP contribution in [0, 0.1) is 0 Å². The highest BCUT2D eigenvalue weighted by Crippen LogP contribution is 2.14. The molecule has 0 aromatic rings. The highest BCUT2D eigenvalue weighted by Gasteiger charge is 2.19. The van der Waals surface area contributed by atoms with Crippen molar-refractivity contribution in [1.29, 1.82) is 0 Å². The molecule has 1 aliphatic carbocycles. The van der Waals surface area contributed by atoms with Gasteiger partial charge in [-0.1, -0.05) is 11.6 Å². The number of nitrogens with zero attached hydrogens (tertiary/aromatic N) is 2. The van der Waals surface area contributed by atoms with Gasteiger partial charge in [0.25, 0.3) is 0 Å². The molecule has 0 atom stereocenters. The van der Waals surface area contributed by atoms with Gasteiger partial charge in [-0.25, -0.2) is 4.79 Å². The normalized spacial score (nSPS) is 15.9. The Morgan fingerprint density at radius 3 is 2.47 bits per heavy atom. The van der Waals surface area contributed by atoms with E-state index in [0.717, 1.165) is 18.6 Å². The molecule has 0 aromatic heterocycles. The number of hydrogen-bond donors (Lipinski definition) is 0. The Morgan fingerprint density at radius 1 is 1.26 bits per heavy atom. The molecule has 0 aliphatic heterocycles. The monoisotopic (exact) mass is 270 g/mol. The zero-order valence-corrected chi connectivity index (χ0v) is 12.6. The minimum Gasteiger partial charge on any atom is -0.444 e. The summed E-state index contributed by atoms with van der Waals surface area (Å²) < 4.78 is 5.24. The summed E-state index contributed by atoms with van der Waals surface area (Å²) in [6.45, 7) is 6.43. The van der Waals surface area contributed by atoms with E-state index >= 15 is 0 Å². The van der Waals surface area contributed by atoms with Gasteiger partial charge in [-0.3, -0.25) is 0 Å². The topological polar surface area (TPSA) is 51.1 Å². The van der Waals surface area contributed by atoms with E-state index in [0.29, 0.717) is 13.2 Å². The third-order valence-corrected chi connectivity index (χ3v) is 2.85. The van der Waals surface area contributed by atoms with Crippen LogP contribution in [-0.4, -0.2) is 42.5 Å². The van der Waals surface area contributed by atoms with Gasteiger partial charge < -0.3 is 14.5 Å². The highest BCUT2D eigenvalue weighted by molar-refractivity contribution is 5.84. The van der Waals surface area contributed by atoms with Crippen LogP contribution in [0.4, 0.5) is 4.79 Å². The second-order valence-electron chi connectivity index (χ2n) is 5.95. The largest absolute Gasteiger partial charge is 0.444 e. The van der Waals surface area contributed by atoms with Crippen molar-refractivity contribution in [3.05, 3.63) is 0 Å². The standard InChI is InChI=1S/C14H26N2O3/c1-14(2,3)19-13(17)16(4)10-11-18-15-12-8-6-5-7-9-12/h5-11H2,1-4H3. The molecule has 1 saturated carbocycles. The second kappa shape index (κ2) is 7.36. The van der Waals surface area contributed by atoms with Gasteiger partial charge in [0.15, 0.2) is 0 Å². The first-order valence-corrected chi connectivity index (χ1v) is 7.00. The van der Waals surface area contributed by atoms with Crippen molar-refractivity contribution < 1.29 is 14.4 Å². The van der Waals surface area contributed by atoms with E-state index < -0.39 is 5.60 Å². The quantitative estimate of drug-likeness (QED) is 0.582. The Bertz CT molecular complexity index is 313. The molecular formula is C14H26N2O3. The number of likely N-dealkylation sites (N-methyl/N-ethyl adjacent to an activating group) is 1. The summed E-state index contributed by atoms with van der Waals surface area (Å²) in [5.74, 6) is 0. The predicted molar refractivity (Wildman–Crippen MR) is 75.3 cm³/mol. The lowest BCUT2D eigenvalue weighted by Crippen LogP contribution is -2.35. The van der Waals surface area contributed by atoms with Crippen molar-refractivity contribution in [1.82, 2.24) is 4.90 Å². The number of rotatable bonds is 4.